The fourth-order valence-corrected chi connectivity index (χ4v) is 2.47. The third-order valence-corrected chi connectivity index (χ3v) is 3.53. The number of aliphatic carboxylic acids is 1. The van der Waals surface area contributed by atoms with Crippen LogP contribution in [-0.2, 0) is 4.79 Å². The first-order valence-corrected chi connectivity index (χ1v) is 7.16. The molecule has 0 fully saturated rings. The molecular formula is C17H15BrO3. The number of carboxylic acids is 1. The van der Waals surface area contributed by atoms with Gasteiger partial charge in [0.1, 0.15) is 5.75 Å². The van der Waals surface area contributed by atoms with Crippen molar-refractivity contribution in [1.29, 1.82) is 0 Å². The molecule has 1 N–H and O–H groups in total. The molecule has 0 spiro atoms. The van der Waals surface area contributed by atoms with Crippen LogP contribution in [0.2, 0.25) is 0 Å². The highest BCUT2D eigenvalue weighted by Crippen LogP contribution is 2.29. The predicted octanol–water partition coefficient (Wildman–Crippen LogP) is 4.39. The molecule has 3 nitrogen and oxygen atoms in total. The highest BCUT2D eigenvalue weighted by Gasteiger charge is 2.15. The Morgan fingerprint density at radius 3 is 2.62 bits per heavy atom. The number of aryl methyl sites for hydroxylation is 1. The summed E-state index contributed by atoms with van der Waals surface area (Å²) in [4.78, 5) is 11.6. The van der Waals surface area contributed by atoms with Crippen molar-refractivity contribution in [2.45, 2.75) is 6.92 Å². The smallest absolute Gasteiger partial charge is 0.336 e. The standard InChI is InChI=1S/C17H15BrO3/c1-11-6-7-16(21-2)14(8-11)15(17(19)20)10-12-4-3-5-13(18)9-12/h3-10H,1-2H3,(H,19,20)/b15-10-. The number of carboxylic acid groups (broad SMARTS) is 1. The van der Waals surface area contributed by atoms with Gasteiger partial charge in [0, 0.05) is 10.0 Å². The predicted molar refractivity (Wildman–Crippen MR) is 87.4 cm³/mol. The van der Waals surface area contributed by atoms with Gasteiger partial charge in [-0.2, -0.15) is 0 Å². The molecule has 0 radical (unpaired) electrons. The Labute approximate surface area is 132 Å². The Kier molecular flexibility index (Phi) is 4.81. The lowest BCUT2D eigenvalue weighted by atomic mass is 10.00. The van der Waals surface area contributed by atoms with E-state index in [4.69, 9.17) is 4.74 Å². The first-order valence-electron chi connectivity index (χ1n) is 6.37. The van der Waals surface area contributed by atoms with Crippen LogP contribution in [-0.4, -0.2) is 18.2 Å². The maximum Gasteiger partial charge on any atom is 0.336 e. The maximum absolute atomic E-state index is 11.6. The highest BCUT2D eigenvalue weighted by atomic mass is 79.9. The molecule has 0 saturated carbocycles. The van der Waals surface area contributed by atoms with Crippen LogP contribution in [0.4, 0.5) is 0 Å². The van der Waals surface area contributed by atoms with Crippen molar-refractivity contribution in [3.8, 4) is 5.75 Å². The van der Waals surface area contributed by atoms with E-state index < -0.39 is 5.97 Å². The van der Waals surface area contributed by atoms with Crippen LogP contribution in [0.15, 0.2) is 46.9 Å². The third-order valence-electron chi connectivity index (χ3n) is 3.04. The van der Waals surface area contributed by atoms with Crippen molar-refractivity contribution in [2.75, 3.05) is 7.11 Å². The number of hydrogen-bond donors (Lipinski definition) is 1. The van der Waals surface area contributed by atoms with Crippen LogP contribution in [0.1, 0.15) is 16.7 Å². The van der Waals surface area contributed by atoms with E-state index in [1.807, 2.05) is 43.3 Å². The summed E-state index contributed by atoms with van der Waals surface area (Å²) in [6.45, 7) is 1.92. The number of halogens is 1. The van der Waals surface area contributed by atoms with Gasteiger partial charge in [-0.25, -0.2) is 4.79 Å². The van der Waals surface area contributed by atoms with E-state index in [0.717, 1.165) is 15.6 Å². The van der Waals surface area contributed by atoms with E-state index in [1.165, 1.54) is 7.11 Å². The van der Waals surface area contributed by atoms with Crippen molar-refractivity contribution in [3.05, 3.63) is 63.6 Å². The molecule has 2 rings (SSSR count). The topological polar surface area (TPSA) is 46.5 Å². The number of benzene rings is 2. The van der Waals surface area contributed by atoms with E-state index in [9.17, 15) is 9.90 Å². The molecule has 0 aliphatic rings. The fraction of sp³-hybridized carbons (Fsp3) is 0.118. The van der Waals surface area contributed by atoms with Gasteiger partial charge in [-0.05, 0) is 42.8 Å². The molecule has 4 heteroatoms. The summed E-state index contributed by atoms with van der Waals surface area (Å²) in [5.41, 5.74) is 2.57. The maximum atomic E-state index is 11.6. The van der Waals surface area contributed by atoms with Crippen molar-refractivity contribution < 1.29 is 14.6 Å². The molecule has 0 amide bonds. The van der Waals surface area contributed by atoms with Crippen LogP contribution < -0.4 is 4.74 Å². The average Bonchev–Trinajstić information content (AvgIpc) is 2.44. The van der Waals surface area contributed by atoms with Gasteiger partial charge >= 0.3 is 5.97 Å². The molecule has 0 unspecified atom stereocenters. The average molecular weight is 347 g/mol. The summed E-state index contributed by atoms with van der Waals surface area (Å²) in [6, 6.07) is 13.0. The highest BCUT2D eigenvalue weighted by molar-refractivity contribution is 9.10. The summed E-state index contributed by atoms with van der Waals surface area (Å²) in [5.74, 6) is -0.442. The second-order valence-corrected chi connectivity index (χ2v) is 5.54. The Morgan fingerprint density at radius 1 is 1.24 bits per heavy atom. The van der Waals surface area contributed by atoms with Gasteiger partial charge in [-0.3, -0.25) is 0 Å². The Balaban J connectivity index is 2.59. The largest absolute Gasteiger partial charge is 0.496 e. The minimum absolute atomic E-state index is 0.202. The van der Waals surface area contributed by atoms with Gasteiger partial charge in [0.25, 0.3) is 0 Å². The van der Waals surface area contributed by atoms with Crippen molar-refractivity contribution in [2.24, 2.45) is 0 Å². The van der Waals surface area contributed by atoms with Gasteiger partial charge in [0.2, 0.25) is 0 Å². The zero-order chi connectivity index (χ0) is 15.4. The van der Waals surface area contributed by atoms with E-state index in [-0.39, 0.29) is 5.57 Å². The minimum atomic E-state index is -0.987. The van der Waals surface area contributed by atoms with E-state index in [2.05, 4.69) is 15.9 Å². The number of methoxy groups -OCH3 is 1. The van der Waals surface area contributed by atoms with Crippen molar-refractivity contribution in [1.82, 2.24) is 0 Å². The minimum Gasteiger partial charge on any atom is -0.496 e. The number of rotatable bonds is 4. The first-order chi connectivity index (χ1) is 10.0. The number of ether oxygens (including phenoxy) is 1. The summed E-state index contributed by atoms with van der Waals surface area (Å²) >= 11 is 3.38. The Hall–Kier alpha value is -2.07. The van der Waals surface area contributed by atoms with Crippen LogP contribution in [0.25, 0.3) is 11.6 Å². The molecule has 2 aromatic carbocycles. The molecule has 0 aromatic heterocycles. The van der Waals surface area contributed by atoms with Crippen molar-refractivity contribution >= 4 is 33.5 Å². The lowest BCUT2D eigenvalue weighted by Crippen LogP contribution is -2.02. The molecule has 0 saturated heterocycles. The van der Waals surface area contributed by atoms with Gasteiger partial charge in [0.15, 0.2) is 0 Å². The van der Waals surface area contributed by atoms with Gasteiger partial charge in [-0.15, -0.1) is 0 Å². The molecule has 108 valence electrons. The molecule has 0 bridgehead atoms. The summed E-state index contributed by atoms with van der Waals surface area (Å²) in [6.07, 6.45) is 1.64. The number of carbonyl (C=O) groups is 1. The quantitative estimate of drug-likeness (QED) is 0.659. The SMILES string of the molecule is COc1ccc(C)cc1/C(=C/c1cccc(Br)c1)C(=O)O. The summed E-state index contributed by atoms with van der Waals surface area (Å²) in [5, 5.41) is 9.53. The molecule has 2 aromatic rings. The molecule has 0 heterocycles. The molecule has 0 aliphatic carbocycles. The van der Waals surface area contributed by atoms with Crippen LogP contribution in [0, 0.1) is 6.92 Å². The van der Waals surface area contributed by atoms with E-state index in [1.54, 1.807) is 12.1 Å². The second kappa shape index (κ2) is 6.59. The second-order valence-electron chi connectivity index (χ2n) is 4.62. The lowest BCUT2D eigenvalue weighted by Gasteiger charge is -2.10. The first kappa shape index (κ1) is 15.3. The van der Waals surface area contributed by atoms with Crippen LogP contribution in [0.5, 0.6) is 5.75 Å². The van der Waals surface area contributed by atoms with Gasteiger partial charge in [-0.1, -0.05) is 39.7 Å². The van der Waals surface area contributed by atoms with Crippen LogP contribution >= 0.6 is 15.9 Å². The molecule has 21 heavy (non-hydrogen) atoms. The molecular weight excluding hydrogens is 332 g/mol. The van der Waals surface area contributed by atoms with Gasteiger partial charge in [0.05, 0.1) is 12.7 Å². The normalized spacial score (nSPS) is 11.3. The Morgan fingerprint density at radius 2 is 2.00 bits per heavy atom. The zero-order valence-electron chi connectivity index (χ0n) is 11.8. The van der Waals surface area contributed by atoms with Crippen LogP contribution in [0.3, 0.4) is 0 Å². The van der Waals surface area contributed by atoms with E-state index in [0.29, 0.717) is 11.3 Å². The summed E-state index contributed by atoms with van der Waals surface area (Å²) < 4.78 is 6.18. The van der Waals surface area contributed by atoms with E-state index >= 15 is 0 Å². The fourth-order valence-electron chi connectivity index (χ4n) is 2.05. The number of hydrogen-bond acceptors (Lipinski definition) is 2. The molecule has 0 aliphatic heterocycles. The Bertz CT molecular complexity index is 705. The van der Waals surface area contributed by atoms with Gasteiger partial charge < -0.3 is 9.84 Å². The zero-order valence-corrected chi connectivity index (χ0v) is 13.3. The monoisotopic (exact) mass is 346 g/mol. The third kappa shape index (κ3) is 3.73. The summed E-state index contributed by atoms with van der Waals surface area (Å²) in [7, 11) is 1.53. The molecule has 0 atom stereocenters. The lowest BCUT2D eigenvalue weighted by molar-refractivity contribution is -0.130. The van der Waals surface area contributed by atoms with Crippen molar-refractivity contribution in [3.63, 3.8) is 0 Å².